The van der Waals surface area contributed by atoms with Crippen molar-refractivity contribution in [3.63, 3.8) is 0 Å². The lowest BCUT2D eigenvalue weighted by molar-refractivity contribution is -0.122. The van der Waals surface area contributed by atoms with E-state index in [2.05, 4.69) is 36.3 Å². The van der Waals surface area contributed by atoms with Crippen LogP contribution in [0, 0.1) is 0 Å². The molecule has 2 unspecified atom stereocenters. The Morgan fingerprint density at radius 1 is 1.32 bits per heavy atom. The quantitative estimate of drug-likeness (QED) is 0.830. The molecule has 3 N–H and O–H groups in total. The van der Waals surface area contributed by atoms with E-state index in [1.807, 2.05) is 18.2 Å². The van der Waals surface area contributed by atoms with Gasteiger partial charge in [-0.25, -0.2) is 0 Å². The molecule has 1 amide bonds. The molecule has 0 spiro atoms. The van der Waals surface area contributed by atoms with Crippen LogP contribution >= 0.6 is 12.4 Å². The fourth-order valence-electron chi connectivity index (χ4n) is 1.59. The Labute approximate surface area is 121 Å². The van der Waals surface area contributed by atoms with Crippen molar-refractivity contribution in [3.05, 3.63) is 35.9 Å². The molecule has 0 radical (unpaired) electrons. The van der Waals surface area contributed by atoms with Crippen LogP contribution in [-0.4, -0.2) is 36.5 Å². The van der Waals surface area contributed by atoms with Crippen molar-refractivity contribution in [3.8, 4) is 0 Å². The van der Waals surface area contributed by atoms with Crippen molar-refractivity contribution in [2.45, 2.75) is 32.5 Å². The Kier molecular flexibility index (Phi) is 8.39. The van der Waals surface area contributed by atoms with Crippen LogP contribution < -0.4 is 11.1 Å². The van der Waals surface area contributed by atoms with Crippen molar-refractivity contribution in [1.29, 1.82) is 0 Å². The Bertz CT molecular complexity index is 370. The molecule has 0 aliphatic carbocycles. The van der Waals surface area contributed by atoms with E-state index < -0.39 is 6.04 Å². The third-order valence-corrected chi connectivity index (χ3v) is 3.01. The van der Waals surface area contributed by atoms with Gasteiger partial charge in [0.15, 0.2) is 0 Å². The average molecular weight is 286 g/mol. The van der Waals surface area contributed by atoms with Gasteiger partial charge in [-0.05, 0) is 26.5 Å². The smallest absolute Gasteiger partial charge is 0.236 e. The third-order valence-electron chi connectivity index (χ3n) is 3.01. The number of hydrogen-bond donors (Lipinski definition) is 2. The predicted molar refractivity (Wildman–Crippen MR) is 81.3 cm³/mol. The number of nitrogens with zero attached hydrogens (tertiary/aromatic N) is 1. The third kappa shape index (κ3) is 6.57. The van der Waals surface area contributed by atoms with Crippen LogP contribution in [0.2, 0.25) is 0 Å². The molecule has 1 aromatic carbocycles. The summed E-state index contributed by atoms with van der Waals surface area (Å²) >= 11 is 0. The Balaban J connectivity index is 0.00000324. The van der Waals surface area contributed by atoms with Gasteiger partial charge in [-0.1, -0.05) is 30.3 Å². The molecule has 5 heteroatoms. The fourth-order valence-corrected chi connectivity index (χ4v) is 1.59. The number of halogens is 1. The number of hydrogen-bond acceptors (Lipinski definition) is 3. The number of benzene rings is 1. The Morgan fingerprint density at radius 2 is 1.89 bits per heavy atom. The summed E-state index contributed by atoms with van der Waals surface area (Å²) in [5.41, 5.74) is 6.77. The first-order valence-corrected chi connectivity index (χ1v) is 6.28. The Hall–Kier alpha value is -1.10. The van der Waals surface area contributed by atoms with Crippen molar-refractivity contribution >= 4 is 18.3 Å². The molecule has 0 aliphatic rings. The summed E-state index contributed by atoms with van der Waals surface area (Å²) in [5, 5.41) is 2.84. The van der Waals surface area contributed by atoms with Gasteiger partial charge in [0.25, 0.3) is 0 Å². The number of amides is 1. The zero-order valence-electron chi connectivity index (χ0n) is 11.8. The van der Waals surface area contributed by atoms with E-state index in [9.17, 15) is 4.79 Å². The first-order chi connectivity index (χ1) is 8.50. The highest BCUT2D eigenvalue weighted by atomic mass is 35.5. The van der Waals surface area contributed by atoms with Crippen LogP contribution in [-0.2, 0) is 11.3 Å². The normalized spacial score (nSPS) is 13.5. The first kappa shape index (κ1) is 17.9. The van der Waals surface area contributed by atoms with Gasteiger partial charge in [0.2, 0.25) is 5.91 Å². The van der Waals surface area contributed by atoms with Crippen molar-refractivity contribution in [1.82, 2.24) is 10.2 Å². The van der Waals surface area contributed by atoms with E-state index in [0.717, 1.165) is 6.54 Å². The number of carbonyl (C=O) groups excluding carboxylic acids is 1. The second-order valence-corrected chi connectivity index (χ2v) is 4.78. The summed E-state index contributed by atoms with van der Waals surface area (Å²) < 4.78 is 0. The highest BCUT2D eigenvalue weighted by molar-refractivity contribution is 5.85. The van der Waals surface area contributed by atoms with Gasteiger partial charge < -0.3 is 11.1 Å². The highest BCUT2D eigenvalue weighted by Crippen LogP contribution is 2.05. The van der Waals surface area contributed by atoms with Gasteiger partial charge in [-0.3, -0.25) is 9.69 Å². The molecule has 108 valence electrons. The fraction of sp³-hybridized carbons (Fsp3) is 0.500. The van der Waals surface area contributed by atoms with E-state index in [-0.39, 0.29) is 24.4 Å². The van der Waals surface area contributed by atoms with Crippen LogP contribution in [0.25, 0.3) is 0 Å². The highest BCUT2D eigenvalue weighted by Gasteiger charge is 2.12. The average Bonchev–Trinajstić information content (AvgIpc) is 2.36. The maximum Gasteiger partial charge on any atom is 0.236 e. The van der Waals surface area contributed by atoms with Crippen LogP contribution in [0.1, 0.15) is 19.4 Å². The lowest BCUT2D eigenvalue weighted by atomic mass is 10.2. The first-order valence-electron chi connectivity index (χ1n) is 6.28. The molecule has 0 fully saturated rings. The van der Waals surface area contributed by atoms with Crippen molar-refractivity contribution in [2.75, 3.05) is 13.6 Å². The van der Waals surface area contributed by atoms with Crippen LogP contribution in [0.3, 0.4) is 0 Å². The summed E-state index contributed by atoms with van der Waals surface area (Å²) in [4.78, 5) is 13.6. The van der Waals surface area contributed by atoms with E-state index in [1.54, 1.807) is 6.92 Å². The summed E-state index contributed by atoms with van der Waals surface area (Å²) in [6.45, 7) is 5.26. The maximum absolute atomic E-state index is 11.4. The van der Waals surface area contributed by atoms with E-state index in [4.69, 9.17) is 5.73 Å². The van der Waals surface area contributed by atoms with Crippen molar-refractivity contribution in [2.24, 2.45) is 5.73 Å². The standard InChI is InChI=1S/C14H23N3O.ClH/c1-11(9-16-14(18)12(2)15)17(3)10-13-7-5-4-6-8-13;/h4-8,11-12H,9-10,15H2,1-3H3,(H,16,18);1H. The number of rotatable bonds is 6. The van der Waals surface area contributed by atoms with E-state index in [1.165, 1.54) is 5.56 Å². The van der Waals surface area contributed by atoms with E-state index >= 15 is 0 Å². The second kappa shape index (κ2) is 8.91. The molecular formula is C14H24ClN3O. The largest absolute Gasteiger partial charge is 0.353 e. The lowest BCUT2D eigenvalue weighted by Gasteiger charge is -2.25. The van der Waals surface area contributed by atoms with Crippen molar-refractivity contribution < 1.29 is 4.79 Å². The molecule has 0 bridgehead atoms. The van der Waals surface area contributed by atoms with Gasteiger partial charge in [-0.2, -0.15) is 0 Å². The number of nitrogens with two attached hydrogens (primary N) is 1. The molecule has 0 heterocycles. The van der Waals surface area contributed by atoms with Crippen LogP contribution in [0.15, 0.2) is 30.3 Å². The minimum Gasteiger partial charge on any atom is -0.353 e. The SMILES string of the molecule is CC(N)C(=O)NCC(C)N(C)Cc1ccccc1.Cl. The zero-order valence-corrected chi connectivity index (χ0v) is 12.6. The number of likely N-dealkylation sites (N-methyl/N-ethyl adjacent to an activating group) is 1. The summed E-state index contributed by atoms with van der Waals surface area (Å²) in [6.07, 6.45) is 0. The molecular weight excluding hydrogens is 262 g/mol. The second-order valence-electron chi connectivity index (χ2n) is 4.78. The Morgan fingerprint density at radius 3 is 2.42 bits per heavy atom. The molecule has 2 atom stereocenters. The van der Waals surface area contributed by atoms with Gasteiger partial charge in [0.05, 0.1) is 6.04 Å². The monoisotopic (exact) mass is 285 g/mol. The zero-order chi connectivity index (χ0) is 13.5. The van der Waals surface area contributed by atoms with Crippen LogP contribution in [0.4, 0.5) is 0 Å². The summed E-state index contributed by atoms with van der Waals surface area (Å²) in [6, 6.07) is 10.1. The number of nitrogens with one attached hydrogen (secondary N) is 1. The maximum atomic E-state index is 11.4. The van der Waals surface area contributed by atoms with Gasteiger partial charge in [0, 0.05) is 19.1 Å². The lowest BCUT2D eigenvalue weighted by Crippen LogP contribution is -2.44. The summed E-state index contributed by atoms with van der Waals surface area (Å²) in [5.74, 6) is -0.102. The minimum absolute atomic E-state index is 0. The van der Waals surface area contributed by atoms with Gasteiger partial charge in [-0.15, -0.1) is 12.4 Å². The van der Waals surface area contributed by atoms with Gasteiger partial charge >= 0.3 is 0 Å². The molecule has 0 aliphatic heterocycles. The van der Waals surface area contributed by atoms with Crippen LogP contribution in [0.5, 0.6) is 0 Å². The molecule has 4 nitrogen and oxygen atoms in total. The molecule has 0 aromatic heterocycles. The van der Waals surface area contributed by atoms with E-state index in [0.29, 0.717) is 6.54 Å². The molecule has 0 saturated heterocycles. The predicted octanol–water partition coefficient (Wildman–Crippen LogP) is 1.39. The molecule has 0 saturated carbocycles. The molecule has 1 rings (SSSR count). The topological polar surface area (TPSA) is 58.4 Å². The minimum atomic E-state index is -0.448. The number of carbonyl (C=O) groups is 1. The molecule has 19 heavy (non-hydrogen) atoms. The van der Waals surface area contributed by atoms with Gasteiger partial charge in [0.1, 0.15) is 0 Å². The molecule has 1 aromatic rings. The summed E-state index contributed by atoms with van der Waals surface area (Å²) in [7, 11) is 2.05.